The largest absolute Gasteiger partial charge is 0.444 e. The molecule has 2 aromatic heterocycles. The van der Waals surface area contributed by atoms with E-state index in [1.165, 1.54) is 0 Å². The summed E-state index contributed by atoms with van der Waals surface area (Å²) in [6.45, 7) is 10.3. The number of piperidine rings is 2. The van der Waals surface area contributed by atoms with Crippen molar-refractivity contribution in [3.63, 3.8) is 0 Å². The Kier molecular flexibility index (Phi) is 7.40. The molecule has 9 heteroatoms. The molecule has 0 atom stereocenters. The number of hydrogen-bond donors (Lipinski definition) is 1. The molecule has 4 heterocycles. The van der Waals surface area contributed by atoms with Crippen LogP contribution < -0.4 is 5.32 Å². The second kappa shape index (κ2) is 10.3. The first-order chi connectivity index (χ1) is 16.2. The molecule has 4 rings (SSSR count). The molecule has 0 aliphatic carbocycles. The van der Waals surface area contributed by atoms with Gasteiger partial charge in [-0.2, -0.15) is 0 Å². The van der Waals surface area contributed by atoms with Gasteiger partial charge >= 0.3 is 6.09 Å². The lowest BCUT2D eigenvalue weighted by molar-refractivity contribution is -0.138. The van der Waals surface area contributed by atoms with E-state index < -0.39 is 5.60 Å². The fourth-order valence-corrected chi connectivity index (χ4v) is 5.23. The molecular formula is C25H35N5O3S. The summed E-state index contributed by atoms with van der Waals surface area (Å²) < 4.78 is 5.46. The monoisotopic (exact) mass is 485 g/mol. The van der Waals surface area contributed by atoms with Crippen LogP contribution in [0.5, 0.6) is 0 Å². The van der Waals surface area contributed by atoms with Crippen LogP contribution in [0.15, 0.2) is 24.4 Å². The van der Waals surface area contributed by atoms with Gasteiger partial charge in [0.1, 0.15) is 11.4 Å². The second-order valence-electron chi connectivity index (χ2n) is 10.2. The van der Waals surface area contributed by atoms with E-state index in [0.29, 0.717) is 31.8 Å². The highest BCUT2D eigenvalue weighted by molar-refractivity contribution is 7.15. The molecular weight excluding hydrogens is 450 g/mol. The summed E-state index contributed by atoms with van der Waals surface area (Å²) in [7, 11) is 0. The third-order valence-electron chi connectivity index (χ3n) is 6.35. The molecule has 0 saturated carbocycles. The molecule has 2 aliphatic heterocycles. The van der Waals surface area contributed by atoms with E-state index in [-0.39, 0.29) is 17.9 Å². The van der Waals surface area contributed by atoms with Gasteiger partial charge in [0.25, 0.3) is 0 Å². The Balaban J connectivity index is 1.26. The predicted octanol–water partition coefficient (Wildman–Crippen LogP) is 4.94. The summed E-state index contributed by atoms with van der Waals surface area (Å²) in [6.07, 6.45) is 4.79. The first kappa shape index (κ1) is 24.4. The van der Waals surface area contributed by atoms with E-state index in [2.05, 4.69) is 16.4 Å². The molecule has 2 amide bonds. The van der Waals surface area contributed by atoms with Crippen LogP contribution in [0.1, 0.15) is 62.9 Å². The Morgan fingerprint density at radius 2 is 1.74 bits per heavy atom. The van der Waals surface area contributed by atoms with Crippen LogP contribution in [0, 0.1) is 12.8 Å². The van der Waals surface area contributed by atoms with Gasteiger partial charge in [0.05, 0.1) is 0 Å². The van der Waals surface area contributed by atoms with Gasteiger partial charge in [-0.25, -0.2) is 14.8 Å². The minimum Gasteiger partial charge on any atom is -0.444 e. The van der Waals surface area contributed by atoms with Gasteiger partial charge in [-0.05, 0) is 65.5 Å². The molecule has 2 aliphatic rings. The topological polar surface area (TPSA) is 87.7 Å². The number of thiazole rings is 1. The summed E-state index contributed by atoms with van der Waals surface area (Å²) >= 11 is 1.61. The van der Waals surface area contributed by atoms with Crippen LogP contribution in [0.3, 0.4) is 0 Å². The number of nitrogens with zero attached hydrogens (tertiary/aromatic N) is 4. The van der Waals surface area contributed by atoms with E-state index in [4.69, 9.17) is 9.72 Å². The minimum atomic E-state index is -0.502. The number of carbonyl (C=O) groups is 2. The molecule has 0 aromatic carbocycles. The molecule has 0 bridgehead atoms. The zero-order valence-corrected chi connectivity index (χ0v) is 21.4. The molecule has 0 unspecified atom stereocenters. The lowest BCUT2D eigenvalue weighted by Gasteiger charge is -2.37. The first-order valence-corrected chi connectivity index (χ1v) is 12.9. The van der Waals surface area contributed by atoms with E-state index in [1.54, 1.807) is 16.2 Å². The summed E-state index contributed by atoms with van der Waals surface area (Å²) in [5, 5.41) is 4.14. The van der Waals surface area contributed by atoms with Gasteiger partial charge < -0.3 is 19.9 Å². The summed E-state index contributed by atoms with van der Waals surface area (Å²) in [5.41, 5.74) is 0.564. The number of nitrogens with one attached hydrogen (secondary N) is 1. The lowest BCUT2D eigenvalue weighted by atomic mass is 9.90. The molecule has 2 fully saturated rings. The van der Waals surface area contributed by atoms with Crippen molar-refractivity contribution >= 4 is 34.3 Å². The molecule has 34 heavy (non-hydrogen) atoms. The number of aryl methyl sites for hydroxylation is 1. The van der Waals surface area contributed by atoms with E-state index >= 15 is 0 Å². The standard InChI is InChI=1S/C25H35N5O3S/c1-17-16-26-23(34-17)28-21-7-5-6-20(27-21)18-8-12-29(13-9-18)22(31)19-10-14-30(15-11-19)24(32)33-25(2,3)4/h5-7,16,18-19H,8-15H2,1-4H3,(H,26,27,28). The van der Waals surface area contributed by atoms with Crippen LogP contribution in [0.4, 0.5) is 15.7 Å². The molecule has 2 saturated heterocycles. The van der Waals surface area contributed by atoms with Crippen LogP contribution in [0.2, 0.25) is 0 Å². The van der Waals surface area contributed by atoms with Gasteiger partial charge in [-0.1, -0.05) is 6.07 Å². The third-order valence-corrected chi connectivity index (χ3v) is 7.18. The van der Waals surface area contributed by atoms with Crippen molar-refractivity contribution in [3.05, 3.63) is 35.0 Å². The molecule has 8 nitrogen and oxygen atoms in total. The Morgan fingerprint density at radius 3 is 2.35 bits per heavy atom. The van der Waals surface area contributed by atoms with Crippen molar-refractivity contribution in [2.75, 3.05) is 31.5 Å². The van der Waals surface area contributed by atoms with Crippen molar-refractivity contribution in [1.29, 1.82) is 0 Å². The van der Waals surface area contributed by atoms with Gasteiger partial charge in [-0.3, -0.25) is 4.79 Å². The smallest absolute Gasteiger partial charge is 0.410 e. The van der Waals surface area contributed by atoms with Crippen LogP contribution in [-0.4, -0.2) is 63.5 Å². The average Bonchev–Trinajstić information content (AvgIpc) is 3.22. The summed E-state index contributed by atoms with van der Waals surface area (Å²) in [5.74, 6) is 1.37. The number of carbonyl (C=O) groups excluding carboxylic acids is 2. The van der Waals surface area contributed by atoms with E-state index in [0.717, 1.165) is 47.5 Å². The fourth-order valence-electron chi connectivity index (χ4n) is 4.56. The van der Waals surface area contributed by atoms with Crippen molar-refractivity contribution in [2.45, 2.75) is 64.9 Å². The highest BCUT2D eigenvalue weighted by atomic mass is 32.1. The number of pyridine rings is 1. The van der Waals surface area contributed by atoms with Gasteiger partial charge in [0.15, 0.2) is 5.13 Å². The number of likely N-dealkylation sites (tertiary alicyclic amines) is 2. The van der Waals surface area contributed by atoms with Crippen molar-refractivity contribution in [1.82, 2.24) is 19.8 Å². The Labute approximate surface area is 205 Å². The highest BCUT2D eigenvalue weighted by Crippen LogP contribution is 2.30. The number of rotatable bonds is 4. The summed E-state index contributed by atoms with van der Waals surface area (Å²) in [4.78, 5) is 39.5. The van der Waals surface area contributed by atoms with Crippen LogP contribution >= 0.6 is 11.3 Å². The Morgan fingerprint density at radius 1 is 1.06 bits per heavy atom. The zero-order chi connectivity index (χ0) is 24.3. The highest BCUT2D eigenvalue weighted by Gasteiger charge is 2.33. The average molecular weight is 486 g/mol. The Bertz CT molecular complexity index is 1000. The quantitative estimate of drug-likeness (QED) is 0.660. The number of aromatic nitrogens is 2. The van der Waals surface area contributed by atoms with Crippen LogP contribution in [-0.2, 0) is 9.53 Å². The van der Waals surface area contributed by atoms with E-state index in [9.17, 15) is 9.59 Å². The Hall–Kier alpha value is -2.68. The first-order valence-electron chi connectivity index (χ1n) is 12.1. The fraction of sp³-hybridized carbons (Fsp3) is 0.600. The minimum absolute atomic E-state index is 0.0114. The van der Waals surface area contributed by atoms with Crippen molar-refractivity contribution in [3.8, 4) is 0 Å². The maximum atomic E-state index is 13.1. The molecule has 0 radical (unpaired) electrons. The van der Waals surface area contributed by atoms with Crippen molar-refractivity contribution in [2.24, 2.45) is 5.92 Å². The van der Waals surface area contributed by atoms with Gasteiger partial charge in [0, 0.05) is 54.8 Å². The second-order valence-corrected chi connectivity index (χ2v) is 11.4. The normalized spacial score (nSPS) is 18.1. The lowest BCUT2D eigenvalue weighted by Crippen LogP contribution is -2.47. The predicted molar refractivity (Wildman–Crippen MR) is 133 cm³/mol. The number of anilines is 2. The van der Waals surface area contributed by atoms with Gasteiger partial charge in [-0.15, -0.1) is 11.3 Å². The van der Waals surface area contributed by atoms with Crippen LogP contribution in [0.25, 0.3) is 0 Å². The number of hydrogen-bond acceptors (Lipinski definition) is 7. The van der Waals surface area contributed by atoms with Gasteiger partial charge in [0.2, 0.25) is 5.91 Å². The maximum Gasteiger partial charge on any atom is 0.410 e. The summed E-state index contributed by atoms with van der Waals surface area (Å²) in [6, 6.07) is 6.07. The molecule has 184 valence electrons. The molecule has 2 aromatic rings. The molecule has 1 N–H and O–H groups in total. The third kappa shape index (κ3) is 6.25. The molecule has 0 spiro atoms. The zero-order valence-electron chi connectivity index (χ0n) is 20.5. The number of ether oxygens (including phenoxy) is 1. The van der Waals surface area contributed by atoms with E-state index in [1.807, 2.05) is 50.9 Å². The number of amides is 2. The SMILES string of the molecule is Cc1cnc(Nc2cccc(C3CCN(C(=O)C4CCN(C(=O)OC(C)(C)C)CC4)CC3)n2)s1. The van der Waals surface area contributed by atoms with Crippen molar-refractivity contribution < 1.29 is 14.3 Å². The maximum absolute atomic E-state index is 13.1.